The van der Waals surface area contributed by atoms with E-state index in [9.17, 15) is 4.79 Å². The summed E-state index contributed by atoms with van der Waals surface area (Å²) in [4.78, 5) is 13.9. The molecule has 21 heavy (non-hydrogen) atoms. The van der Waals surface area contributed by atoms with E-state index in [1.807, 2.05) is 35.3 Å². The molecule has 0 aliphatic carbocycles. The highest BCUT2D eigenvalue weighted by molar-refractivity contribution is 5.88. The molecule has 2 aliphatic rings. The molecule has 2 aliphatic heterocycles. The van der Waals surface area contributed by atoms with Crippen LogP contribution in [0.3, 0.4) is 0 Å². The summed E-state index contributed by atoms with van der Waals surface area (Å²) in [6, 6.07) is 6.14. The Morgan fingerprint density at radius 2 is 2.14 bits per heavy atom. The molecular formula is C17H19NO3. The summed E-state index contributed by atoms with van der Waals surface area (Å²) in [5.41, 5.74) is 1.02. The smallest absolute Gasteiger partial charge is 0.246 e. The molecule has 3 rings (SSSR count). The minimum atomic E-state index is 0.0929. The third-order valence-electron chi connectivity index (χ3n) is 3.87. The number of ether oxygens (including phenoxy) is 2. The quantitative estimate of drug-likeness (QED) is 0.633. The maximum absolute atomic E-state index is 12.0. The van der Waals surface area contributed by atoms with E-state index in [-0.39, 0.29) is 12.7 Å². The molecule has 4 nitrogen and oxygen atoms in total. The van der Waals surface area contributed by atoms with Crippen molar-refractivity contribution in [2.24, 2.45) is 0 Å². The first-order chi connectivity index (χ1) is 10.2. The average Bonchev–Trinajstić information content (AvgIpc) is 3.11. The van der Waals surface area contributed by atoms with Gasteiger partial charge in [0.2, 0.25) is 12.7 Å². The summed E-state index contributed by atoms with van der Waals surface area (Å²) < 4.78 is 10.6. The molecule has 1 saturated heterocycles. The van der Waals surface area contributed by atoms with Crippen molar-refractivity contribution in [1.82, 2.24) is 4.90 Å². The van der Waals surface area contributed by atoms with Crippen LogP contribution in [0.25, 0.3) is 6.08 Å². The number of hydrogen-bond acceptors (Lipinski definition) is 3. The number of benzene rings is 1. The van der Waals surface area contributed by atoms with Crippen molar-refractivity contribution in [3.8, 4) is 11.5 Å². The van der Waals surface area contributed by atoms with Crippen LogP contribution in [0.1, 0.15) is 25.3 Å². The number of hydrogen-bond donors (Lipinski definition) is 0. The van der Waals surface area contributed by atoms with E-state index in [1.54, 1.807) is 12.2 Å². The fourth-order valence-corrected chi connectivity index (χ4v) is 2.68. The van der Waals surface area contributed by atoms with Crippen molar-refractivity contribution < 1.29 is 14.3 Å². The lowest BCUT2D eigenvalue weighted by Crippen LogP contribution is -2.32. The average molecular weight is 285 g/mol. The van der Waals surface area contributed by atoms with Gasteiger partial charge in [-0.2, -0.15) is 0 Å². The van der Waals surface area contributed by atoms with E-state index >= 15 is 0 Å². The van der Waals surface area contributed by atoms with E-state index in [1.165, 1.54) is 0 Å². The number of carbonyl (C=O) groups excluding carboxylic acids is 1. The Hall–Kier alpha value is -2.23. The summed E-state index contributed by atoms with van der Waals surface area (Å²) in [6.07, 6.45) is 9.44. The Morgan fingerprint density at radius 3 is 2.95 bits per heavy atom. The highest BCUT2D eigenvalue weighted by Crippen LogP contribution is 2.32. The number of amides is 1. The van der Waals surface area contributed by atoms with Crippen molar-refractivity contribution in [2.45, 2.75) is 25.8 Å². The molecule has 1 aromatic carbocycles. The van der Waals surface area contributed by atoms with Gasteiger partial charge in [-0.3, -0.25) is 4.79 Å². The molecule has 4 heteroatoms. The fourth-order valence-electron chi connectivity index (χ4n) is 2.68. The SMILES string of the molecule is C[C@@H]1CCCN1C(=O)C=CC=Cc1ccc2c(c1)OCO2. The van der Waals surface area contributed by atoms with Gasteiger partial charge >= 0.3 is 0 Å². The molecule has 1 amide bonds. The maximum Gasteiger partial charge on any atom is 0.246 e. The fraction of sp³-hybridized carbons (Fsp3) is 0.353. The van der Waals surface area contributed by atoms with Gasteiger partial charge in [-0.1, -0.05) is 24.3 Å². The first-order valence-corrected chi connectivity index (χ1v) is 7.29. The maximum atomic E-state index is 12.0. The monoisotopic (exact) mass is 285 g/mol. The molecule has 1 fully saturated rings. The highest BCUT2D eigenvalue weighted by Gasteiger charge is 2.22. The van der Waals surface area contributed by atoms with Gasteiger partial charge in [0, 0.05) is 18.7 Å². The van der Waals surface area contributed by atoms with Crippen molar-refractivity contribution in [3.05, 3.63) is 42.0 Å². The van der Waals surface area contributed by atoms with E-state index < -0.39 is 0 Å². The Labute approximate surface area is 124 Å². The van der Waals surface area contributed by atoms with Crippen LogP contribution in [-0.2, 0) is 4.79 Å². The number of likely N-dealkylation sites (tertiary alicyclic amines) is 1. The summed E-state index contributed by atoms with van der Waals surface area (Å²) in [6.45, 7) is 3.25. The Balaban J connectivity index is 1.59. The van der Waals surface area contributed by atoms with Crippen LogP contribution in [0.15, 0.2) is 36.4 Å². The summed E-state index contributed by atoms with van der Waals surface area (Å²) in [5, 5.41) is 0. The van der Waals surface area contributed by atoms with E-state index in [0.717, 1.165) is 36.4 Å². The number of rotatable bonds is 3. The van der Waals surface area contributed by atoms with Crippen molar-refractivity contribution >= 4 is 12.0 Å². The zero-order chi connectivity index (χ0) is 14.7. The second-order valence-corrected chi connectivity index (χ2v) is 5.35. The van der Waals surface area contributed by atoms with Gasteiger partial charge in [0.05, 0.1) is 0 Å². The van der Waals surface area contributed by atoms with Crippen molar-refractivity contribution in [1.29, 1.82) is 0 Å². The molecule has 1 aromatic rings. The van der Waals surface area contributed by atoms with Crippen LogP contribution in [0.5, 0.6) is 11.5 Å². The first-order valence-electron chi connectivity index (χ1n) is 7.29. The molecular weight excluding hydrogens is 266 g/mol. The standard InChI is InChI=1S/C17H19NO3/c1-13-5-4-10-18(13)17(19)7-3-2-6-14-8-9-15-16(11-14)21-12-20-15/h2-3,6-9,11,13H,4-5,10,12H2,1H3/t13-/m1/s1. The third kappa shape index (κ3) is 3.10. The lowest BCUT2D eigenvalue weighted by atomic mass is 10.2. The zero-order valence-corrected chi connectivity index (χ0v) is 12.1. The Bertz CT molecular complexity index is 592. The molecule has 1 atom stereocenters. The topological polar surface area (TPSA) is 38.8 Å². The van der Waals surface area contributed by atoms with Crippen LogP contribution in [0.4, 0.5) is 0 Å². The number of allylic oxidation sites excluding steroid dienone is 2. The largest absolute Gasteiger partial charge is 0.454 e. The van der Waals surface area contributed by atoms with Gasteiger partial charge < -0.3 is 14.4 Å². The van der Waals surface area contributed by atoms with Crippen LogP contribution < -0.4 is 9.47 Å². The van der Waals surface area contributed by atoms with Crippen molar-refractivity contribution in [3.63, 3.8) is 0 Å². The zero-order valence-electron chi connectivity index (χ0n) is 12.1. The van der Waals surface area contributed by atoms with Crippen LogP contribution >= 0.6 is 0 Å². The van der Waals surface area contributed by atoms with E-state index in [2.05, 4.69) is 6.92 Å². The van der Waals surface area contributed by atoms with Crippen LogP contribution in [0.2, 0.25) is 0 Å². The molecule has 0 unspecified atom stereocenters. The lowest BCUT2D eigenvalue weighted by Gasteiger charge is -2.19. The second kappa shape index (κ2) is 6.04. The molecule has 0 saturated carbocycles. The Morgan fingerprint density at radius 1 is 1.29 bits per heavy atom. The second-order valence-electron chi connectivity index (χ2n) is 5.35. The van der Waals surface area contributed by atoms with Gasteiger partial charge in [-0.25, -0.2) is 0 Å². The number of carbonyl (C=O) groups is 1. The lowest BCUT2D eigenvalue weighted by molar-refractivity contribution is -0.126. The molecule has 0 bridgehead atoms. The minimum Gasteiger partial charge on any atom is -0.454 e. The predicted molar refractivity (Wildman–Crippen MR) is 81.1 cm³/mol. The molecule has 2 heterocycles. The normalized spacial score (nSPS) is 20.8. The molecule has 110 valence electrons. The number of fused-ring (bicyclic) bond motifs is 1. The van der Waals surface area contributed by atoms with Gasteiger partial charge in [0.1, 0.15) is 0 Å². The van der Waals surface area contributed by atoms with E-state index in [4.69, 9.17) is 9.47 Å². The van der Waals surface area contributed by atoms with Gasteiger partial charge in [0.25, 0.3) is 0 Å². The molecule has 0 N–H and O–H groups in total. The van der Waals surface area contributed by atoms with Gasteiger partial charge in [-0.15, -0.1) is 0 Å². The third-order valence-corrected chi connectivity index (χ3v) is 3.87. The predicted octanol–water partition coefficient (Wildman–Crippen LogP) is 3.00. The van der Waals surface area contributed by atoms with Crippen LogP contribution in [-0.4, -0.2) is 30.2 Å². The minimum absolute atomic E-state index is 0.0929. The van der Waals surface area contributed by atoms with E-state index in [0.29, 0.717) is 6.04 Å². The van der Waals surface area contributed by atoms with Crippen molar-refractivity contribution in [2.75, 3.05) is 13.3 Å². The number of nitrogens with zero attached hydrogens (tertiary/aromatic N) is 1. The molecule has 0 radical (unpaired) electrons. The summed E-state index contributed by atoms with van der Waals surface area (Å²) in [7, 11) is 0. The highest BCUT2D eigenvalue weighted by atomic mass is 16.7. The van der Waals surface area contributed by atoms with Crippen LogP contribution in [0, 0.1) is 0 Å². The Kier molecular flexibility index (Phi) is 3.95. The molecule has 0 spiro atoms. The van der Waals surface area contributed by atoms with Gasteiger partial charge in [0.15, 0.2) is 11.5 Å². The molecule has 0 aromatic heterocycles. The summed E-state index contributed by atoms with van der Waals surface area (Å²) >= 11 is 0. The van der Waals surface area contributed by atoms with Gasteiger partial charge in [-0.05, 0) is 37.5 Å². The first kappa shape index (κ1) is 13.7. The summed E-state index contributed by atoms with van der Waals surface area (Å²) in [5.74, 6) is 1.64.